The first-order valence-corrected chi connectivity index (χ1v) is 10.6. The van der Waals surface area contributed by atoms with Crippen LogP contribution in [0.5, 0.6) is 0 Å². The van der Waals surface area contributed by atoms with Gasteiger partial charge < -0.3 is 14.4 Å². The van der Waals surface area contributed by atoms with Crippen LogP contribution < -0.4 is 0 Å². The number of halogens is 1. The lowest BCUT2D eigenvalue weighted by Crippen LogP contribution is -2.49. The van der Waals surface area contributed by atoms with Crippen LogP contribution in [0.4, 0.5) is 4.79 Å². The SMILES string of the molecule is CC(C)(C)OC(=O)N1CCN(Cc2ccc(-c3ccc(Cl)cc3)cc2)CC1.COC=O. The third-order valence-electron chi connectivity index (χ3n) is 4.66. The number of ether oxygens (including phenoxy) is 2. The van der Waals surface area contributed by atoms with Crippen LogP contribution in [0.15, 0.2) is 48.5 Å². The molecular weight excluding hydrogens is 416 g/mol. The van der Waals surface area contributed by atoms with Gasteiger partial charge in [-0.3, -0.25) is 9.69 Å². The minimum atomic E-state index is -0.444. The zero-order valence-electron chi connectivity index (χ0n) is 18.6. The second-order valence-corrected chi connectivity index (χ2v) is 8.72. The minimum Gasteiger partial charge on any atom is -0.471 e. The fourth-order valence-corrected chi connectivity index (χ4v) is 3.24. The highest BCUT2D eigenvalue weighted by Crippen LogP contribution is 2.22. The molecule has 0 aliphatic carbocycles. The number of hydrogen-bond acceptors (Lipinski definition) is 5. The van der Waals surface area contributed by atoms with Gasteiger partial charge in [-0.2, -0.15) is 0 Å². The summed E-state index contributed by atoms with van der Waals surface area (Å²) in [6.45, 7) is 10.1. The Hall–Kier alpha value is -2.57. The van der Waals surface area contributed by atoms with Crippen molar-refractivity contribution in [2.75, 3.05) is 33.3 Å². The van der Waals surface area contributed by atoms with Gasteiger partial charge in [-0.05, 0) is 49.6 Å². The number of carbonyl (C=O) groups excluding carboxylic acids is 2. The molecule has 1 saturated heterocycles. The van der Waals surface area contributed by atoms with Gasteiger partial charge in [-0.25, -0.2) is 4.79 Å². The first-order valence-electron chi connectivity index (χ1n) is 10.2. The van der Waals surface area contributed by atoms with Crippen LogP contribution in [0.25, 0.3) is 11.1 Å². The third kappa shape index (κ3) is 8.59. The highest BCUT2D eigenvalue weighted by Gasteiger charge is 2.25. The number of amides is 1. The number of hydrogen-bond donors (Lipinski definition) is 0. The molecule has 6 nitrogen and oxygen atoms in total. The van der Waals surface area contributed by atoms with Crippen molar-refractivity contribution < 1.29 is 19.1 Å². The number of carbonyl (C=O) groups is 2. The molecule has 0 unspecified atom stereocenters. The zero-order valence-corrected chi connectivity index (χ0v) is 19.4. The van der Waals surface area contributed by atoms with E-state index in [9.17, 15) is 4.79 Å². The van der Waals surface area contributed by atoms with Crippen molar-refractivity contribution in [2.45, 2.75) is 32.9 Å². The van der Waals surface area contributed by atoms with Crippen molar-refractivity contribution in [2.24, 2.45) is 0 Å². The van der Waals surface area contributed by atoms with E-state index in [1.807, 2.05) is 45.0 Å². The van der Waals surface area contributed by atoms with Crippen LogP contribution in [0.3, 0.4) is 0 Å². The van der Waals surface area contributed by atoms with E-state index in [4.69, 9.17) is 21.1 Å². The molecule has 31 heavy (non-hydrogen) atoms. The summed E-state index contributed by atoms with van der Waals surface area (Å²) in [5.74, 6) is 0. The molecule has 0 N–H and O–H groups in total. The Morgan fingerprint density at radius 2 is 1.45 bits per heavy atom. The molecule has 0 aromatic heterocycles. The standard InChI is InChI=1S/C22H27ClN2O2.C2H4O2/c1-22(2,3)27-21(26)25-14-12-24(13-15-25)16-17-4-6-18(7-5-17)19-8-10-20(23)11-9-19;1-4-2-3/h4-11H,12-16H2,1-3H3;2H,1H3. The van der Waals surface area contributed by atoms with Crippen molar-refractivity contribution in [3.05, 3.63) is 59.1 Å². The van der Waals surface area contributed by atoms with Gasteiger partial charge in [0.2, 0.25) is 0 Å². The second-order valence-electron chi connectivity index (χ2n) is 8.28. The Bertz CT molecular complexity index is 824. The van der Waals surface area contributed by atoms with E-state index in [2.05, 4.69) is 33.9 Å². The molecule has 1 heterocycles. The van der Waals surface area contributed by atoms with Gasteiger partial charge in [0.25, 0.3) is 6.47 Å². The topological polar surface area (TPSA) is 59.1 Å². The lowest BCUT2D eigenvalue weighted by atomic mass is 10.0. The summed E-state index contributed by atoms with van der Waals surface area (Å²) >= 11 is 5.96. The van der Waals surface area contributed by atoms with Crippen molar-refractivity contribution in [1.29, 1.82) is 0 Å². The summed E-state index contributed by atoms with van der Waals surface area (Å²) in [6, 6.07) is 16.5. The average molecular weight is 447 g/mol. The van der Waals surface area contributed by atoms with Crippen molar-refractivity contribution in [1.82, 2.24) is 9.80 Å². The maximum Gasteiger partial charge on any atom is 0.410 e. The average Bonchev–Trinajstić information content (AvgIpc) is 2.74. The number of rotatable bonds is 4. The molecule has 2 aromatic rings. The van der Waals surface area contributed by atoms with E-state index in [1.165, 1.54) is 18.2 Å². The summed E-state index contributed by atoms with van der Waals surface area (Å²) in [5, 5.41) is 0.751. The largest absolute Gasteiger partial charge is 0.471 e. The highest BCUT2D eigenvalue weighted by molar-refractivity contribution is 6.30. The van der Waals surface area contributed by atoms with Crippen molar-refractivity contribution in [3.63, 3.8) is 0 Å². The summed E-state index contributed by atoms with van der Waals surface area (Å²) in [7, 11) is 1.31. The number of piperazine rings is 1. The third-order valence-corrected chi connectivity index (χ3v) is 4.91. The molecule has 7 heteroatoms. The Balaban J connectivity index is 0.000000785. The fraction of sp³-hybridized carbons (Fsp3) is 0.417. The predicted molar refractivity (Wildman–Crippen MR) is 123 cm³/mol. The lowest BCUT2D eigenvalue weighted by Gasteiger charge is -2.35. The summed E-state index contributed by atoms with van der Waals surface area (Å²) < 4.78 is 9.31. The van der Waals surface area contributed by atoms with Crippen LogP contribution in [0.2, 0.25) is 5.02 Å². The van der Waals surface area contributed by atoms with Crippen LogP contribution in [0.1, 0.15) is 26.3 Å². The van der Waals surface area contributed by atoms with Gasteiger partial charge in [0.15, 0.2) is 0 Å². The molecule has 1 aliphatic rings. The van der Waals surface area contributed by atoms with Gasteiger partial charge in [0.05, 0.1) is 7.11 Å². The van der Waals surface area contributed by atoms with E-state index < -0.39 is 5.60 Å². The molecule has 0 bridgehead atoms. The number of nitrogens with zero attached hydrogens (tertiary/aromatic N) is 2. The number of benzene rings is 2. The van der Waals surface area contributed by atoms with Crippen LogP contribution in [0, 0.1) is 0 Å². The van der Waals surface area contributed by atoms with E-state index in [-0.39, 0.29) is 6.09 Å². The molecule has 2 aromatic carbocycles. The van der Waals surface area contributed by atoms with Crippen LogP contribution in [-0.2, 0) is 20.8 Å². The number of methoxy groups -OCH3 is 1. The minimum absolute atomic E-state index is 0.213. The normalized spacial score (nSPS) is 14.3. The van der Waals surface area contributed by atoms with E-state index in [1.54, 1.807) is 4.90 Å². The quantitative estimate of drug-likeness (QED) is 0.628. The molecule has 3 rings (SSSR count). The maximum absolute atomic E-state index is 12.1. The van der Waals surface area contributed by atoms with Crippen molar-refractivity contribution in [3.8, 4) is 11.1 Å². The Labute approximate surface area is 189 Å². The highest BCUT2D eigenvalue weighted by atomic mass is 35.5. The first kappa shape index (κ1) is 24.7. The smallest absolute Gasteiger partial charge is 0.410 e. The molecular formula is C24H31ClN2O4. The second kappa shape index (κ2) is 11.7. The Kier molecular flexibility index (Phi) is 9.34. The van der Waals surface area contributed by atoms with Crippen LogP contribution in [-0.4, -0.2) is 61.3 Å². The van der Waals surface area contributed by atoms with Gasteiger partial charge in [-0.15, -0.1) is 0 Å². The summed E-state index contributed by atoms with van der Waals surface area (Å²) in [6.07, 6.45) is -0.213. The van der Waals surface area contributed by atoms with Crippen LogP contribution >= 0.6 is 11.6 Å². The van der Waals surface area contributed by atoms with Gasteiger partial charge in [-0.1, -0.05) is 48.0 Å². The maximum atomic E-state index is 12.1. The van der Waals surface area contributed by atoms with Gasteiger partial charge in [0, 0.05) is 37.7 Å². The molecule has 168 valence electrons. The van der Waals surface area contributed by atoms with Gasteiger partial charge >= 0.3 is 6.09 Å². The van der Waals surface area contributed by atoms with E-state index in [0.29, 0.717) is 19.6 Å². The lowest BCUT2D eigenvalue weighted by molar-refractivity contribution is -0.126. The van der Waals surface area contributed by atoms with E-state index in [0.717, 1.165) is 30.2 Å². The molecule has 1 amide bonds. The molecule has 0 atom stereocenters. The summed E-state index contributed by atoms with van der Waals surface area (Å²) in [5.41, 5.74) is 3.18. The Morgan fingerprint density at radius 1 is 0.968 bits per heavy atom. The molecule has 1 fully saturated rings. The van der Waals surface area contributed by atoms with Gasteiger partial charge in [0.1, 0.15) is 5.60 Å². The molecule has 1 aliphatic heterocycles. The van der Waals surface area contributed by atoms with Crippen molar-refractivity contribution >= 4 is 24.2 Å². The zero-order chi connectivity index (χ0) is 22.9. The molecule has 0 saturated carbocycles. The first-order chi connectivity index (χ1) is 14.7. The molecule has 0 spiro atoms. The predicted octanol–water partition coefficient (Wildman–Crippen LogP) is 4.85. The summed E-state index contributed by atoms with van der Waals surface area (Å²) in [4.78, 5) is 25.3. The monoisotopic (exact) mass is 446 g/mol. The molecule has 0 radical (unpaired) electrons. The fourth-order valence-electron chi connectivity index (χ4n) is 3.12. The van der Waals surface area contributed by atoms with E-state index >= 15 is 0 Å². The Morgan fingerprint density at radius 3 is 1.90 bits per heavy atom.